The fraction of sp³-hybridized carbons (Fsp3) is 0.500. The molecule has 3 N–H and O–H groups in total. The Balaban J connectivity index is 2.12. The van der Waals surface area contributed by atoms with Crippen LogP contribution in [0.15, 0.2) is 12.3 Å². The maximum absolute atomic E-state index is 11.0. The highest BCUT2D eigenvalue weighted by atomic mass is 16.5. The van der Waals surface area contributed by atoms with E-state index >= 15 is 0 Å². The second kappa shape index (κ2) is 5.12. The first kappa shape index (κ1) is 12.5. The molecule has 1 aromatic heterocycles. The number of amides is 1. The average molecular weight is 250 g/mol. The predicted octanol–water partition coefficient (Wildman–Crippen LogP) is 0.387. The molecule has 1 unspecified atom stereocenters. The second-order valence-corrected chi connectivity index (χ2v) is 4.38. The first-order valence-corrected chi connectivity index (χ1v) is 5.92. The molecule has 0 radical (unpaired) electrons. The lowest BCUT2D eigenvalue weighted by Crippen LogP contribution is -2.35. The van der Waals surface area contributed by atoms with Crippen molar-refractivity contribution in [3.05, 3.63) is 12.3 Å². The van der Waals surface area contributed by atoms with Gasteiger partial charge < -0.3 is 20.7 Å². The molecule has 1 amide bonds. The normalized spacial score (nSPS) is 18.8. The summed E-state index contributed by atoms with van der Waals surface area (Å²) in [7, 11) is 1.58. The van der Waals surface area contributed by atoms with Crippen molar-refractivity contribution in [3.8, 4) is 5.75 Å². The minimum atomic E-state index is -0.00609. The van der Waals surface area contributed by atoms with E-state index in [0.29, 0.717) is 11.4 Å². The smallest absolute Gasteiger partial charge is 0.217 e. The molecule has 2 rings (SSSR count). The quantitative estimate of drug-likeness (QED) is 0.811. The fourth-order valence-electron chi connectivity index (χ4n) is 2.23. The Morgan fingerprint density at radius 3 is 3.11 bits per heavy atom. The van der Waals surface area contributed by atoms with Crippen molar-refractivity contribution in [1.29, 1.82) is 0 Å². The van der Waals surface area contributed by atoms with Gasteiger partial charge in [-0.2, -0.15) is 0 Å². The van der Waals surface area contributed by atoms with Gasteiger partial charge in [0.25, 0.3) is 0 Å². The number of anilines is 2. The Hall–Kier alpha value is -1.98. The standard InChI is InChI=1S/C12H18N4O2/c1-8(17)15-9-4-6-16(7-9)12-11(13)10(18-2)3-5-14-12/h3,5,9H,4,6-7,13H2,1-2H3,(H,15,17). The van der Waals surface area contributed by atoms with Crippen LogP contribution in [0.25, 0.3) is 0 Å². The number of hydrogen-bond donors (Lipinski definition) is 2. The molecule has 0 aliphatic carbocycles. The number of pyridine rings is 1. The first-order chi connectivity index (χ1) is 8.61. The van der Waals surface area contributed by atoms with Crippen molar-refractivity contribution in [3.63, 3.8) is 0 Å². The molecular formula is C12H18N4O2. The Bertz CT molecular complexity index is 450. The molecule has 0 spiro atoms. The molecule has 1 aliphatic heterocycles. The van der Waals surface area contributed by atoms with Gasteiger partial charge in [0, 0.05) is 38.3 Å². The molecule has 1 atom stereocenters. The predicted molar refractivity (Wildman–Crippen MR) is 69.6 cm³/mol. The van der Waals surface area contributed by atoms with Crippen LogP contribution in [0, 0.1) is 0 Å². The van der Waals surface area contributed by atoms with Gasteiger partial charge >= 0.3 is 0 Å². The highest BCUT2D eigenvalue weighted by Crippen LogP contribution is 2.31. The lowest BCUT2D eigenvalue weighted by atomic mass is 10.2. The van der Waals surface area contributed by atoms with Crippen LogP contribution in [-0.4, -0.2) is 37.1 Å². The number of nitrogens with zero attached hydrogens (tertiary/aromatic N) is 2. The Kier molecular flexibility index (Phi) is 3.55. The number of carbonyl (C=O) groups is 1. The van der Waals surface area contributed by atoms with E-state index in [9.17, 15) is 4.79 Å². The van der Waals surface area contributed by atoms with Crippen LogP contribution in [-0.2, 0) is 4.79 Å². The van der Waals surface area contributed by atoms with Crippen LogP contribution < -0.4 is 20.7 Å². The highest BCUT2D eigenvalue weighted by molar-refractivity contribution is 5.74. The van der Waals surface area contributed by atoms with Gasteiger partial charge in [0.15, 0.2) is 5.82 Å². The number of hydrogen-bond acceptors (Lipinski definition) is 5. The van der Waals surface area contributed by atoms with Crippen molar-refractivity contribution >= 4 is 17.4 Å². The minimum absolute atomic E-state index is 0.00609. The lowest BCUT2D eigenvalue weighted by molar-refractivity contribution is -0.119. The number of methoxy groups -OCH3 is 1. The molecule has 1 saturated heterocycles. The zero-order valence-electron chi connectivity index (χ0n) is 10.6. The Morgan fingerprint density at radius 2 is 2.44 bits per heavy atom. The maximum atomic E-state index is 11.0. The largest absolute Gasteiger partial charge is 0.494 e. The number of nitrogen functional groups attached to an aromatic ring is 1. The van der Waals surface area contributed by atoms with E-state index in [4.69, 9.17) is 10.5 Å². The molecule has 0 aromatic carbocycles. The van der Waals surface area contributed by atoms with Crippen LogP contribution in [0.1, 0.15) is 13.3 Å². The van der Waals surface area contributed by atoms with E-state index in [-0.39, 0.29) is 11.9 Å². The van der Waals surface area contributed by atoms with E-state index in [2.05, 4.69) is 15.2 Å². The van der Waals surface area contributed by atoms with Gasteiger partial charge in [0.2, 0.25) is 5.91 Å². The summed E-state index contributed by atoms with van der Waals surface area (Å²) in [6.45, 7) is 3.08. The lowest BCUT2D eigenvalue weighted by Gasteiger charge is -2.20. The molecule has 1 aromatic rings. The van der Waals surface area contributed by atoms with E-state index in [1.807, 2.05) is 0 Å². The van der Waals surface area contributed by atoms with Crippen molar-refractivity contribution in [1.82, 2.24) is 10.3 Å². The van der Waals surface area contributed by atoms with Crippen LogP contribution in [0.4, 0.5) is 11.5 Å². The van der Waals surface area contributed by atoms with Crippen molar-refractivity contribution in [2.45, 2.75) is 19.4 Å². The van der Waals surface area contributed by atoms with Crippen molar-refractivity contribution < 1.29 is 9.53 Å². The maximum Gasteiger partial charge on any atom is 0.217 e. The Labute approximate surface area is 106 Å². The van der Waals surface area contributed by atoms with Crippen LogP contribution >= 0.6 is 0 Å². The third kappa shape index (κ3) is 2.47. The summed E-state index contributed by atoms with van der Waals surface area (Å²) < 4.78 is 5.18. The molecule has 0 saturated carbocycles. The minimum Gasteiger partial charge on any atom is -0.494 e. The molecule has 6 heteroatoms. The summed E-state index contributed by atoms with van der Waals surface area (Å²) in [5.41, 5.74) is 6.55. The zero-order chi connectivity index (χ0) is 13.1. The van der Waals surface area contributed by atoms with Gasteiger partial charge in [-0.05, 0) is 6.42 Å². The van der Waals surface area contributed by atoms with Crippen LogP contribution in [0.3, 0.4) is 0 Å². The number of nitrogens with two attached hydrogens (primary N) is 1. The monoisotopic (exact) mass is 250 g/mol. The number of rotatable bonds is 3. The summed E-state index contributed by atoms with van der Waals surface area (Å²) in [6.07, 6.45) is 2.58. The fourth-order valence-corrected chi connectivity index (χ4v) is 2.23. The topological polar surface area (TPSA) is 80.5 Å². The molecular weight excluding hydrogens is 232 g/mol. The molecule has 0 bridgehead atoms. The number of aromatic nitrogens is 1. The van der Waals surface area contributed by atoms with E-state index in [1.165, 1.54) is 6.92 Å². The van der Waals surface area contributed by atoms with Gasteiger partial charge in [-0.15, -0.1) is 0 Å². The number of nitrogens with one attached hydrogen (secondary N) is 1. The summed E-state index contributed by atoms with van der Waals surface area (Å²) in [5, 5.41) is 2.91. The molecule has 2 heterocycles. The molecule has 1 aliphatic rings. The van der Waals surface area contributed by atoms with E-state index < -0.39 is 0 Å². The summed E-state index contributed by atoms with van der Waals surface area (Å²) in [4.78, 5) is 17.4. The average Bonchev–Trinajstić information content (AvgIpc) is 2.76. The number of carbonyl (C=O) groups excluding carboxylic acids is 1. The van der Waals surface area contributed by atoms with E-state index in [1.54, 1.807) is 19.4 Å². The third-order valence-corrected chi connectivity index (χ3v) is 3.04. The molecule has 98 valence electrons. The highest BCUT2D eigenvalue weighted by Gasteiger charge is 2.25. The molecule has 18 heavy (non-hydrogen) atoms. The van der Waals surface area contributed by atoms with Crippen LogP contribution in [0.5, 0.6) is 5.75 Å². The van der Waals surface area contributed by atoms with Gasteiger partial charge in [0.1, 0.15) is 11.4 Å². The molecule has 1 fully saturated rings. The first-order valence-electron chi connectivity index (χ1n) is 5.92. The second-order valence-electron chi connectivity index (χ2n) is 4.38. The molecule has 6 nitrogen and oxygen atoms in total. The van der Waals surface area contributed by atoms with Gasteiger partial charge in [-0.3, -0.25) is 4.79 Å². The van der Waals surface area contributed by atoms with Gasteiger partial charge in [0.05, 0.1) is 7.11 Å². The van der Waals surface area contributed by atoms with Gasteiger partial charge in [-0.1, -0.05) is 0 Å². The number of ether oxygens (including phenoxy) is 1. The zero-order valence-corrected chi connectivity index (χ0v) is 10.6. The van der Waals surface area contributed by atoms with Crippen LogP contribution in [0.2, 0.25) is 0 Å². The SMILES string of the molecule is COc1ccnc(N2CCC(NC(C)=O)C2)c1N. The van der Waals surface area contributed by atoms with Crippen molar-refractivity contribution in [2.75, 3.05) is 30.8 Å². The summed E-state index contributed by atoms with van der Waals surface area (Å²) in [6, 6.07) is 1.90. The summed E-state index contributed by atoms with van der Waals surface area (Å²) >= 11 is 0. The third-order valence-electron chi connectivity index (χ3n) is 3.04. The van der Waals surface area contributed by atoms with Crippen molar-refractivity contribution in [2.24, 2.45) is 0 Å². The Morgan fingerprint density at radius 1 is 1.67 bits per heavy atom. The summed E-state index contributed by atoms with van der Waals surface area (Å²) in [5.74, 6) is 1.35. The van der Waals surface area contributed by atoms with E-state index in [0.717, 1.165) is 25.3 Å². The van der Waals surface area contributed by atoms with Gasteiger partial charge in [-0.25, -0.2) is 4.98 Å².